The van der Waals surface area contributed by atoms with Crippen molar-refractivity contribution in [1.82, 2.24) is 16.0 Å². The molecular weight excluding hydrogens is 281 g/mol. The molecule has 0 bridgehead atoms. The van der Waals surface area contributed by atoms with E-state index in [0.29, 0.717) is 0 Å². The SMILES string of the molecule is C1CCNC1.C1CCNC1.C1CCNC1.O=P(O)(O)O. The summed E-state index contributed by atoms with van der Waals surface area (Å²) < 4.78 is 8.88. The highest BCUT2D eigenvalue weighted by Crippen LogP contribution is 2.25. The topological polar surface area (TPSA) is 114 Å². The van der Waals surface area contributed by atoms with E-state index >= 15 is 0 Å². The fourth-order valence-corrected chi connectivity index (χ4v) is 1.87. The van der Waals surface area contributed by atoms with Gasteiger partial charge in [-0.2, -0.15) is 0 Å². The van der Waals surface area contributed by atoms with E-state index in [0.717, 1.165) is 0 Å². The minimum Gasteiger partial charge on any atom is -0.317 e. The molecule has 0 amide bonds. The summed E-state index contributed by atoms with van der Waals surface area (Å²) in [5.41, 5.74) is 0. The van der Waals surface area contributed by atoms with Crippen molar-refractivity contribution in [3.63, 3.8) is 0 Å². The Balaban J connectivity index is 0.000000241. The molecule has 0 aliphatic carbocycles. The standard InChI is InChI=1S/3C4H9N.H3O4P/c3*1-2-4-5-3-1;1-5(2,3)4/h3*5H,1-4H2;(H3,1,2,3,4). The van der Waals surface area contributed by atoms with Crippen LogP contribution in [-0.2, 0) is 4.57 Å². The third-order valence-corrected chi connectivity index (χ3v) is 2.87. The third kappa shape index (κ3) is 23.1. The summed E-state index contributed by atoms with van der Waals surface area (Å²) >= 11 is 0. The van der Waals surface area contributed by atoms with Gasteiger partial charge in [0.1, 0.15) is 0 Å². The van der Waals surface area contributed by atoms with Crippen LogP contribution in [0.4, 0.5) is 0 Å². The molecule has 3 fully saturated rings. The van der Waals surface area contributed by atoms with Gasteiger partial charge in [0.2, 0.25) is 0 Å². The van der Waals surface area contributed by atoms with Gasteiger partial charge in [0.25, 0.3) is 0 Å². The molecule has 122 valence electrons. The van der Waals surface area contributed by atoms with Crippen LogP contribution >= 0.6 is 7.82 Å². The summed E-state index contributed by atoms with van der Waals surface area (Å²) in [7, 11) is -4.64. The van der Waals surface area contributed by atoms with E-state index in [-0.39, 0.29) is 0 Å². The third-order valence-electron chi connectivity index (χ3n) is 2.87. The fourth-order valence-electron chi connectivity index (χ4n) is 1.87. The smallest absolute Gasteiger partial charge is 0.317 e. The summed E-state index contributed by atoms with van der Waals surface area (Å²) in [6, 6.07) is 0. The molecule has 0 aromatic rings. The molecule has 7 nitrogen and oxygen atoms in total. The van der Waals surface area contributed by atoms with Gasteiger partial charge in [-0.1, -0.05) is 0 Å². The highest BCUT2D eigenvalue weighted by Gasteiger charge is 2.00. The summed E-state index contributed by atoms with van der Waals surface area (Å²) in [6.45, 7) is 7.50. The number of hydrogen-bond acceptors (Lipinski definition) is 4. The van der Waals surface area contributed by atoms with Crippen molar-refractivity contribution in [3.05, 3.63) is 0 Å². The van der Waals surface area contributed by atoms with E-state index in [4.69, 9.17) is 19.2 Å². The molecule has 0 unspecified atom stereocenters. The van der Waals surface area contributed by atoms with Crippen LogP contribution in [-0.4, -0.2) is 53.9 Å². The lowest BCUT2D eigenvalue weighted by Gasteiger charge is -1.82. The minimum absolute atomic E-state index is 1.25. The quantitative estimate of drug-likeness (QED) is 0.354. The monoisotopic (exact) mass is 311 g/mol. The molecule has 6 N–H and O–H groups in total. The Morgan fingerprint density at radius 3 is 0.750 bits per heavy atom. The fraction of sp³-hybridized carbons (Fsp3) is 1.00. The van der Waals surface area contributed by atoms with Crippen LogP contribution in [0.3, 0.4) is 0 Å². The Labute approximate surface area is 121 Å². The van der Waals surface area contributed by atoms with Gasteiger partial charge >= 0.3 is 7.82 Å². The molecule has 0 aromatic heterocycles. The highest BCUT2D eigenvalue weighted by atomic mass is 31.2. The molecule has 3 aliphatic rings. The largest absolute Gasteiger partial charge is 0.466 e. The van der Waals surface area contributed by atoms with Crippen molar-refractivity contribution < 1.29 is 19.2 Å². The maximum Gasteiger partial charge on any atom is 0.466 e. The van der Waals surface area contributed by atoms with E-state index < -0.39 is 7.82 Å². The number of nitrogens with one attached hydrogen (secondary N) is 3. The zero-order valence-corrected chi connectivity index (χ0v) is 13.1. The first kappa shape index (κ1) is 20.0. The average Bonchev–Trinajstić information content (AvgIpc) is 3.17. The Morgan fingerprint density at radius 1 is 0.550 bits per heavy atom. The van der Waals surface area contributed by atoms with E-state index in [9.17, 15) is 0 Å². The molecule has 20 heavy (non-hydrogen) atoms. The molecule has 0 aromatic carbocycles. The second kappa shape index (κ2) is 13.9. The molecule has 3 heterocycles. The normalized spacial score (nSPS) is 20.9. The van der Waals surface area contributed by atoms with Crippen LogP contribution in [0.15, 0.2) is 0 Å². The number of rotatable bonds is 0. The number of hydrogen-bond donors (Lipinski definition) is 6. The number of phosphoric acid groups is 1. The van der Waals surface area contributed by atoms with Gasteiger partial charge in [0, 0.05) is 0 Å². The van der Waals surface area contributed by atoms with Crippen LogP contribution in [0, 0.1) is 0 Å². The first-order valence-corrected chi connectivity index (χ1v) is 8.97. The molecule has 3 aliphatic heterocycles. The lowest BCUT2D eigenvalue weighted by Crippen LogP contribution is -2.03. The minimum atomic E-state index is -4.64. The predicted octanol–water partition coefficient (Wildman–Crippen LogP) is 0.181. The van der Waals surface area contributed by atoms with E-state index in [1.165, 1.54) is 77.8 Å². The maximum absolute atomic E-state index is 8.88. The van der Waals surface area contributed by atoms with Crippen LogP contribution in [0.5, 0.6) is 0 Å². The lowest BCUT2D eigenvalue weighted by molar-refractivity contribution is 0.275. The van der Waals surface area contributed by atoms with Gasteiger partial charge in [0.15, 0.2) is 0 Å². The van der Waals surface area contributed by atoms with Crippen LogP contribution < -0.4 is 16.0 Å². The van der Waals surface area contributed by atoms with Gasteiger partial charge in [-0.05, 0) is 77.8 Å². The van der Waals surface area contributed by atoms with Gasteiger partial charge < -0.3 is 30.6 Å². The summed E-state index contributed by atoms with van der Waals surface area (Å²) in [5, 5.41) is 9.67. The molecule has 0 saturated carbocycles. The zero-order chi connectivity index (χ0) is 15.1. The Morgan fingerprint density at radius 2 is 0.700 bits per heavy atom. The van der Waals surface area contributed by atoms with Gasteiger partial charge in [-0.3, -0.25) is 0 Å². The van der Waals surface area contributed by atoms with Gasteiger partial charge in [0.05, 0.1) is 0 Å². The first-order chi connectivity index (χ1) is 9.50. The van der Waals surface area contributed by atoms with Crippen LogP contribution in [0.25, 0.3) is 0 Å². The van der Waals surface area contributed by atoms with Crippen LogP contribution in [0.1, 0.15) is 38.5 Å². The summed E-state index contributed by atoms with van der Waals surface area (Å²) in [4.78, 5) is 21.6. The zero-order valence-electron chi connectivity index (χ0n) is 12.2. The average molecular weight is 311 g/mol. The Hall–Kier alpha value is -0.0100. The van der Waals surface area contributed by atoms with Crippen molar-refractivity contribution in [2.75, 3.05) is 39.3 Å². The van der Waals surface area contributed by atoms with E-state index in [1.54, 1.807) is 0 Å². The van der Waals surface area contributed by atoms with E-state index in [2.05, 4.69) is 16.0 Å². The second-order valence-electron chi connectivity index (χ2n) is 4.88. The first-order valence-electron chi connectivity index (χ1n) is 7.40. The molecule has 0 spiro atoms. The molecule has 0 atom stereocenters. The van der Waals surface area contributed by atoms with Crippen molar-refractivity contribution in [1.29, 1.82) is 0 Å². The van der Waals surface area contributed by atoms with Crippen molar-refractivity contribution >= 4 is 7.82 Å². The molecule has 8 heteroatoms. The van der Waals surface area contributed by atoms with Gasteiger partial charge in [-0.15, -0.1) is 0 Å². The second-order valence-corrected chi connectivity index (χ2v) is 5.91. The maximum atomic E-state index is 8.88. The highest BCUT2D eigenvalue weighted by molar-refractivity contribution is 7.45. The Bertz CT molecular complexity index is 184. The van der Waals surface area contributed by atoms with Crippen molar-refractivity contribution in [3.8, 4) is 0 Å². The molecule has 3 saturated heterocycles. The molecule has 0 radical (unpaired) electrons. The predicted molar refractivity (Wildman–Crippen MR) is 80.6 cm³/mol. The summed E-state index contributed by atoms with van der Waals surface area (Å²) in [6.07, 6.45) is 8.33. The van der Waals surface area contributed by atoms with Crippen LogP contribution in [0.2, 0.25) is 0 Å². The Kier molecular flexibility index (Phi) is 13.9. The van der Waals surface area contributed by atoms with Crippen molar-refractivity contribution in [2.45, 2.75) is 38.5 Å². The molecular formula is C12H30N3O4P. The van der Waals surface area contributed by atoms with Gasteiger partial charge in [-0.25, -0.2) is 4.57 Å². The van der Waals surface area contributed by atoms with E-state index in [1.807, 2.05) is 0 Å². The molecule has 3 rings (SSSR count). The van der Waals surface area contributed by atoms with Crippen molar-refractivity contribution in [2.24, 2.45) is 0 Å². The summed E-state index contributed by atoms with van der Waals surface area (Å²) in [5.74, 6) is 0. The lowest BCUT2D eigenvalue weighted by atomic mass is 10.4.